The number of fused-ring (bicyclic) bond motifs is 2. The summed E-state index contributed by atoms with van der Waals surface area (Å²) >= 11 is 0. The van der Waals surface area contributed by atoms with Crippen LogP contribution in [0.4, 0.5) is 4.79 Å². The summed E-state index contributed by atoms with van der Waals surface area (Å²) in [6.45, 7) is 11.1. The first-order valence-electron chi connectivity index (χ1n) is 13.3. The van der Waals surface area contributed by atoms with Gasteiger partial charge in [0.2, 0.25) is 11.8 Å². The first kappa shape index (κ1) is 26.7. The van der Waals surface area contributed by atoms with Crippen molar-refractivity contribution in [3.8, 4) is 11.8 Å². The standard InChI is InChI=1S/C16H22N4O3.C11H14N4O/c1-11-7-12(9-20(11)15(21)23-16(2,3)4)22-14-8-13-17-5-6-19(13)10-18-14;1-8-4-9(6-13-8)16-11-5-10-12-2-3-15(10)7-14-11/h5-6,8,10-12H,7,9H2,1-4H3;2-3,5,7-9,13H,4,6H2,1H3/t11-,12+;8-,9+/m00/s1. The molecule has 6 heterocycles. The van der Waals surface area contributed by atoms with Crippen LogP contribution in [0.3, 0.4) is 0 Å². The number of rotatable bonds is 4. The van der Waals surface area contributed by atoms with E-state index in [0.29, 0.717) is 24.3 Å². The molecule has 0 spiro atoms. The van der Waals surface area contributed by atoms with E-state index in [-0.39, 0.29) is 24.3 Å². The van der Waals surface area contributed by atoms with Crippen LogP contribution in [0.15, 0.2) is 49.6 Å². The van der Waals surface area contributed by atoms with Crippen LogP contribution in [-0.2, 0) is 4.74 Å². The molecular formula is C27H36N8O4. The lowest BCUT2D eigenvalue weighted by Gasteiger charge is -2.26. The molecule has 6 rings (SSSR count). The van der Waals surface area contributed by atoms with Crippen LogP contribution in [0.2, 0.25) is 0 Å². The van der Waals surface area contributed by atoms with E-state index in [1.54, 1.807) is 36.0 Å². The third-order valence-electron chi connectivity index (χ3n) is 6.57. The minimum atomic E-state index is -0.497. The molecule has 4 atom stereocenters. The van der Waals surface area contributed by atoms with Crippen LogP contribution in [0.25, 0.3) is 11.3 Å². The van der Waals surface area contributed by atoms with E-state index in [0.717, 1.165) is 30.7 Å². The van der Waals surface area contributed by atoms with E-state index >= 15 is 0 Å². The van der Waals surface area contributed by atoms with Gasteiger partial charge in [0.1, 0.15) is 41.8 Å². The van der Waals surface area contributed by atoms with Crippen LogP contribution >= 0.6 is 0 Å². The van der Waals surface area contributed by atoms with Gasteiger partial charge in [-0.05, 0) is 34.6 Å². The van der Waals surface area contributed by atoms with Gasteiger partial charge in [-0.25, -0.2) is 24.7 Å². The van der Waals surface area contributed by atoms with Crippen LogP contribution in [0.1, 0.15) is 47.5 Å². The molecule has 2 fully saturated rings. The lowest BCUT2D eigenvalue weighted by atomic mass is 10.2. The minimum absolute atomic E-state index is 0.0741. The maximum Gasteiger partial charge on any atom is 0.410 e. The molecule has 1 N–H and O–H groups in total. The first-order chi connectivity index (χ1) is 18.6. The number of hydrogen-bond donors (Lipinski definition) is 1. The van der Waals surface area contributed by atoms with Gasteiger partial charge >= 0.3 is 6.09 Å². The van der Waals surface area contributed by atoms with Crippen molar-refractivity contribution in [2.45, 2.75) is 77.4 Å². The average Bonchev–Trinajstić information content (AvgIpc) is 3.66. The number of carbonyl (C=O) groups excluding carboxylic acids is 1. The molecule has 0 aromatic carbocycles. The summed E-state index contributed by atoms with van der Waals surface area (Å²) in [4.78, 5) is 30.9. The van der Waals surface area contributed by atoms with Crippen molar-refractivity contribution >= 4 is 17.4 Å². The third kappa shape index (κ3) is 6.75. The maximum absolute atomic E-state index is 12.2. The number of nitrogens with zero attached hydrogens (tertiary/aromatic N) is 7. The van der Waals surface area contributed by atoms with E-state index in [2.05, 4.69) is 32.2 Å². The Kier molecular flexibility index (Phi) is 7.56. The second-order valence-electron chi connectivity index (χ2n) is 11.1. The molecule has 2 saturated heterocycles. The summed E-state index contributed by atoms with van der Waals surface area (Å²) < 4.78 is 20.8. The topological polar surface area (TPSA) is 120 Å². The Morgan fingerprint density at radius 1 is 0.897 bits per heavy atom. The lowest BCUT2D eigenvalue weighted by molar-refractivity contribution is 0.0223. The Hall–Kier alpha value is -3.93. The number of likely N-dealkylation sites (tertiary alicyclic amines) is 1. The number of carbonyl (C=O) groups is 1. The summed E-state index contributed by atoms with van der Waals surface area (Å²) in [6, 6.07) is 4.26. The van der Waals surface area contributed by atoms with Crippen LogP contribution < -0.4 is 14.8 Å². The van der Waals surface area contributed by atoms with Gasteiger partial charge in [-0.15, -0.1) is 0 Å². The highest BCUT2D eigenvalue weighted by Crippen LogP contribution is 2.24. The van der Waals surface area contributed by atoms with Gasteiger partial charge in [-0.3, -0.25) is 8.80 Å². The van der Waals surface area contributed by atoms with Crippen LogP contribution in [0, 0.1) is 0 Å². The molecule has 208 valence electrons. The molecule has 0 saturated carbocycles. The Bertz CT molecular complexity index is 1410. The highest BCUT2D eigenvalue weighted by atomic mass is 16.6. The van der Waals surface area contributed by atoms with E-state index in [9.17, 15) is 4.79 Å². The molecule has 2 aliphatic rings. The zero-order valence-corrected chi connectivity index (χ0v) is 23.0. The predicted molar refractivity (Wildman–Crippen MR) is 144 cm³/mol. The highest BCUT2D eigenvalue weighted by Gasteiger charge is 2.36. The molecule has 4 aromatic heterocycles. The fraction of sp³-hybridized carbons (Fsp3) is 0.519. The monoisotopic (exact) mass is 536 g/mol. The largest absolute Gasteiger partial charge is 0.473 e. The Morgan fingerprint density at radius 2 is 1.49 bits per heavy atom. The first-order valence-corrected chi connectivity index (χ1v) is 13.3. The smallest absolute Gasteiger partial charge is 0.410 e. The fourth-order valence-corrected chi connectivity index (χ4v) is 4.70. The molecule has 39 heavy (non-hydrogen) atoms. The lowest BCUT2D eigenvalue weighted by Crippen LogP contribution is -2.39. The highest BCUT2D eigenvalue weighted by molar-refractivity contribution is 5.69. The molecule has 2 aliphatic heterocycles. The molecule has 12 nitrogen and oxygen atoms in total. The van der Waals surface area contributed by atoms with Crippen molar-refractivity contribution in [1.29, 1.82) is 0 Å². The van der Waals surface area contributed by atoms with Crippen LogP contribution in [0.5, 0.6) is 11.8 Å². The van der Waals surface area contributed by atoms with Gasteiger partial charge < -0.3 is 24.4 Å². The Balaban J connectivity index is 0.000000168. The zero-order chi connectivity index (χ0) is 27.6. The predicted octanol–water partition coefficient (Wildman–Crippen LogP) is 3.36. The zero-order valence-electron chi connectivity index (χ0n) is 23.0. The molecule has 1 amide bonds. The summed E-state index contributed by atoms with van der Waals surface area (Å²) in [5, 5.41) is 3.35. The number of imidazole rings is 2. The quantitative estimate of drug-likeness (QED) is 0.418. The molecular weight excluding hydrogens is 500 g/mol. The Labute approximate surface area is 227 Å². The number of ether oxygens (including phenoxy) is 3. The molecule has 0 radical (unpaired) electrons. The van der Waals surface area contributed by atoms with Gasteiger partial charge in [0, 0.05) is 68.4 Å². The van der Waals surface area contributed by atoms with Crippen LogP contribution in [-0.4, -0.2) is 82.7 Å². The third-order valence-corrected chi connectivity index (χ3v) is 6.57. The normalized spacial score (nSPS) is 23.1. The van der Waals surface area contributed by atoms with Gasteiger partial charge in [-0.1, -0.05) is 0 Å². The van der Waals surface area contributed by atoms with E-state index in [1.165, 1.54) is 0 Å². The molecule has 0 unspecified atom stereocenters. The van der Waals surface area contributed by atoms with E-state index in [1.807, 2.05) is 55.0 Å². The second kappa shape index (κ2) is 11.0. The summed E-state index contributed by atoms with van der Waals surface area (Å²) in [6.07, 6.45) is 12.2. The summed E-state index contributed by atoms with van der Waals surface area (Å²) in [5.41, 5.74) is 1.15. The van der Waals surface area contributed by atoms with Gasteiger partial charge in [0.25, 0.3) is 0 Å². The number of amides is 1. The molecule has 4 aromatic rings. The van der Waals surface area contributed by atoms with Gasteiger partial charge in [-0.2, -0.15) is 0 Å². The maximum atomic E-state index is 12.2. The molecule has 0 bridgehead atoms. The van der Waals surface area contributed by atoms with Crippen molar-refractivity contribution in [2.75, 3.05) is 13.1 Å². The SMILES string of the molecule is C[C@H]1C[C@@H](Oc2cc3nccn3cn2)CN1.C[C@H]1C[C@@H](Oc2cc3nccn3cn2)CN1C(=O)OC(C)(C)C. The van der Waals surface area contributed by atoms with Crippen molar-refractivity contribution in [3.05, 3.63) is 49.6 Å². The molecule has 0 aliphatic carbocycles. The Morgan fingerprint density at radius 3 is 2.03 bits per heavy atom. The van der Waals surface area contributed by atoms with E-state index < -0.39 is 5.60 Å². The van der Waals surface area contributed by atoms with Gasteiger partial charge in [0.05, 0.1) is 6.54 Å². The average molecular weight is 537 g/mol. The van der Waals surface area contributed by atoms with Crippen molar-refractivity contribution < 1.29 is 19.0 Å². The molecule has 12 heteroatoms. The second-order valence-corrected chi connectivity index (χ2v) is 11.1. The fourth-order valence-electron chi connectivity index (χ4n) is 4.70. The number of nitrogens with one attached hydrogen (secondary N) is 1. The van der Waals surface area contributed by atoms with Gasteiger partial charge in [0.15, 0.2) is 0 Å². The minimum Gasteiger partial charge on any atom is -0.473 e. The van der Waals surface area contributed by atoms with Crippen molar-refractivity contribution in [3.63, 3.8) is 0 Å². The number of aromatic nitrogens is 6. The summed E-state index contributed by atoms with van der Waals surface area (Å²) in [7, 11) is 0. The van der Waals surface area contributed by atoms with Crippen molar-refractivity contribution in [1.82, 2.24) is 39.0 Å². The van der Waals surface area contributed by atoms with Crippen molar-refractivity contribution in [2.24, 2.45) is 0 Å². The summed E-state index contributed by atoms with van der Waals surface area (Å²) in [5.74, 6) is 1.17. The number of hydrogen-bond acceptors (Lipinski definition) is 9. The van der Waals surface area contributed by atoms with E-state index in [4.69, 9.17) is 14.2 Å².